The van der Waals surface area contributed by atoms with Crippen molar-refractivity contribution in [2.45, 2.75) is 6.92 Å². The number of hydrogen-bond donors (Lipinski definition) is 2. The van der Waals surface area contributed by atoms with Crippen LogP contribution in [0.3, 0.4) is 0 Å². The first-order valence-electron chi connectivity index (χ1n) is 5.91. The molecular weight excluding hydrogens is 244 g/mol. The van der Waals surface area contributed by atoms with E-state index in [1.807, 2.05) is 6.92 Å². The number of benzene rings is 1. The summed E-state index contributed by atoms with van der Waals surface area (Å²) < 4.78 is 5.51. The minimum atomic E-state index is -0.259. The van der Waals surface area contributed by atoms with Crippen molar-refractivity contribution < 1.29 is 14.6 Å². The lowest BCUT2D eigenvalue weighted by molar-refractivity contribution is 0.0950. The number of pyridine rings is 1. The van der Waals surface area contributed by atoms with E-state index in [0.29, 0.717) is 18.0 Å². The van der Waals surface area contributed by atoms with E-state index in [4.69, 9.17) is 4.74 Å². The van der Waals surface area contributed by atoms with Crippen molar-refractivity contribution in [2.24, 2.45) is 0 Å². The van der Waals surface area contributed by atoms with Gasteiger partial charge in [-0.3, -0.25) is 9.78 Å². The van der Waals surface area contributed by atoms with Gasteiger partial charge >= 0.3 is 0 Å². The number of carbonyl (C=O) groups is 1. The van der Waals surface area contributed by atoms with Gasteiger partial charge in [-0.1, -0.05) is 12.1 Å². The molecule has 2 N–H and O–H groups in total. The first kappa shape index (κ1) is 12.9. The van der Waals surface area contributed by atoms with Crippen LogP contribution in [0.4, 0.5) is 0 Å². The Balaban J connectivity index is 2.20. The van der Waals surface area contributed by atoms with Crippen molar-refractivity contribution >= 4 is 5.91 Å². The molecule has 0 spiro atoms. The summed E-state index contributed by atoms with van der Waals surface area (Å²) in [5.41, 5.74) is 0.273. The normalized spacial score (nSPS) is 9.95. The second-order valence-corrected chi connectivity index (χ2v) is 3.81. The third kappa shape index (κ3) is 3.22. The van der Waals surface area contributed by atoms with Crippen molar-refractivity contribution in [3.63, 3.8) is 0 Å². The van der Waals surface area contributed by atoms with Gasteiger partial charge in [-0.25, -0.2) is 0 Å². The number of aromatic hydroxyl groups is 1. The van der Waals surface area contributed by atoms with Gasteiger partial charge < -0.3 is 15.2 Å². The molecule has 1 aromatic carbocycles. The molecular formula is C14H14N2O3. The molecule has 1 heterocycles. The molecule has 5 nitrogen and oxygen atoms in total. The molecule has 5 heteroatoms. The Morgan fingerprint density at radius 2 is 2.16 bits per heavy atom. The summed E-state index contributed by atoms with van der Waals surface area (Å²) in [5.74, 6) is 0.553. The van der Waals surface area contributed by atoms with Gasteiger partial charge in [0.2, 0.25) is 0 Å². The molecule has 0 aliphatic carbocycles. The fourth-order valence-corrected chi connectivity index (χ4v) is 1.52. The van der Waals surface area contributed by atoms with Crippen LogP contribution < -0.4 is 10.1 Å². The van der Waals surface area contributed by atoms with Crippen LogP contribution in [0, 0.1) is 0 Å². The number of nitrogens with one attached hydrogen (secondary N) is 1. The highest BCUT2D eigenvalue weighted by molar-refractivity contribution is 5.92. The van der Waals surface area contributed by atoms with Crippen molar-refractivity contribution in [3.05, 3.63) is 48.3 Å². The summed E-state index contributed by atoms with van der Waals surface area (Å²) in [4.78, 5) is 15.6. The molecule has 1 aromatic heterocycles. The molecule has 19 heavy (non-hydrogen) atoms. The van der Waals surface area contributed by atoms with Crippen LogP contribution in [-0.4, -0.2) is 22.5 Å². The molecule has 0 aliphatic rings. The Hall–Kier alpha value is -2.56. The first-order valence-corrected chi connectivity index (χ1v) is 5.91. The molecule has 0 atom stereocenters. The van der Waals surface area contributed by atoms with E-state index in [0.717, 1.165) is 0 Å². The number of nitrogens with zero attached hydrogens (tertiary/aromatic N) is 1. The summed E-state index contributed by atoms with van der Waals surface area (Å²) in [6.45, 7) is 2.37. The standard InChI is InChI=1S/C14H14N2O3/c1-2-15-14(18)11-9-10(7-8-16-11)19-13-6-4-3-5-12(13)17/h3-9,17H,2H2,1H3,(H,15,18). The van der Waals surface area contributed by atoms with Crippen molar-refractivity contribution in [1.82, 2.24) is 10.3 Å². The predicted molar refractivity (Wildman–Crippen MR) is 70.4 cm³/mol. The number of carbonyl (C=O) groups excluding carboxylic acids is 1. The maximum Gasteiger partial charge on any atom is 0.270 e. The van der Waals surface area contributed by atoms with Crippen LogP contribution in [0.5, 0.6) is 17.2 Å². The molecule has 1 amide bonds. The highest BCUT2D eigenvalue weighted by Gasteiger charge is 2.08. The quantitative estimate of drug-likeness (QED) is 0.882. The fraction of sp³-hybridized carbons (Fsp3) is 0.143. The fourth-order valence-electron chi connectivity index (χ4n) is 1.52. The van der Waals surface area contributed by atoms with Gasteiger partial charge in [0.15, 0.2) is 11.5 Å². The maximum atomic E-state index is 11.6. The number of hydrogen-bond acceptors (Lipinski definition) is 4. The van der Waals surface area contributed by atoms with Crippen LogP contribution in [0.25, 0.3) is 0 Å². The van der Waals surface area contributed by atoms with Crippen LogP contribution in [-0.2, 0) is 0 Å². The number of para-hydroxylation sites is 2. The van der Waals surface area contributed by atoms with E-state index >= 15 is 0 Å². The Kier molecular flexibility index (Phi) is 3.97. The average Bonchev–Trinajstić information content (AvgIpc) is 2.42. The molecule has 0 saturated heterocycles. The maximum absolute atomic E-state index is 11.6. The van der Waals surface area contributed by atoms with E-state index in [2.05, 4.69) is 10.3 Å². The number of phenols is 1. The number of amides is 1. The average molecular weight is 258 g/mol. The van der Waals surface area contributed by atoms with E-state index in [1.54, 1.807) is 24.3 Å². The first-order chi connectivity index (χ1) is 9.20. The van der Waals surface area contributed by atoms with Crippen LogP contribution >= 0.6 is 0 Å². The van der Waals surface area contributed by atoms with Gasteiger partial charge in [-0.05, 0) is 25.1 Å². The lowest BCUT2D eigenvalue weighted by Gasteiger charge is -2.08. The van der Waals surface area contributed by atoms with Crippen molar-refractivity contribution in [3.8, 4) is 17.2 Å². The monoisotopic (exact) mass is 258 g/mol. The van der Waals surface area contributed by atoms with Crippen LogP contribution in [0.1, 0.15) is 17.4 Å². The van der Waals surface area contributed by atoms with Crippen LogP contribution in [0.2, 0.25) is 0 Å². The van der Waals surface area contributed by atoms with Crippen LogP contribution in [0.15, 0.2) is 42.6 Å². The topological polar surface area (TPSA) is 71.5 Å². The molecule has 0 aliphatic heterocycles. The summed E-state index contributed by atoms with van der Waals surface area (Å²) in [6.07, 6.45) is 1.49. The highest BCUT2D eigenvalue weighted by atomic mass is 16.5. The van der Waals surface area contributed by atoms with E-state index in [9.17, 15) is 9.90 Å². The Labute approximate surface area is 110 Å². The zero-order valence-electron chi connectivity index (χ0n) is 10.5. The number of aromatic nitrogens is 1. The number of ether oxygens (including phenoxy) is 1. The number of phenolic OH excluding ortho intramolecular Hbond substituents is 1. The SMILES string of the molecule is CCNC(=O)c1cc(Oc2ccccc2O)ccn1. The van der Waals surface area contributed by atoms with E-state index < -0.39 is 0 Å². The van der Waals surface area contributed by atoms with Gasteiger partial charge in [-0.15, -0.1) is 0 Å². The van der Waals surface area contributed by atoms with Gasteiger partial charge in [0.25, 0.3) is 5.91 Å². The second kappa shape index (κ2) is 5.86. The molecule has 0 unspecified atom stereocenters. The summed E-state index contributed by atoms with van der Waals surface area (Å²) >= 11 is 0. The molecule has 0 radical (unpaired) electrons. The van der Waals surface area contributed by atoms with Gasteiger partial charge in [0, 0.05) is 18.8 Å². The Bertz CT molecular complexity index is 584. The zero-order valence-corrected chi connectivity index (χ0v) is 10.5. The molecule has 0 bridgehead atoms. The molecule has 98 valence electrons. The predicted octanol–water partition coefficient (Wildman–Crippen LogP) is 2.33. The smallest absolute Gasteiger partial charge is 0.270 e. The Morgan fingerprint density at radius 1 is 1.37 bits per heavy atom. The molecule has 2 aromatic rings. The zero-order chi connectivity index (χ0) is 13.7. The summed E-state index contributed by atoms with van der Waals surface area (Å²) in [6, 6.07) is 9.77. The lowest BCUT2D eigenvalue weighted by Crippen LogP contribution is -2.23. The van der Waals surface area contributed by atoms with Gasteiger partial charge in [0.05, 0.1) is 0 Å². The van der Waals surface area contributed by atoms with E-state index in [-0.39, 0.29) is 17.4 Å². The summed E-state index contributed by atoms with van der Waals surface area (Å²) in [7, 11) is 0. The van der Waals surface area contributed by atoms with Crippen molar-refractivity contribution in [2.75, 3.05) is 6.54 Å². The Morgan fingerprint density at radius 3 is 2.89 bits per heavy atom. The van der Waals surface area contributed by atoms with Gasteiger partial charge in [-0.2, -0.15) is 0 Å². The third-order valence-corrected chi connectivity index (χ3v) is 2.39. The highest BCUT2D eigenvalue weighted by Crippen LogP contribution is 2.29. The largest absolute Gasteiger partial charge is 0.504 e. The minimum Gasteiger partial charge on any atom is -0.504 e. The van der Waals surface area contributed by atoms with E-state index in [1.165, 1.54) is 18.3 Å². The lowest BCUT2D eigenvalue weighted by atomic mass is 10.3. The summed E-state index contributed by atoms with van der Waals surface area (Å²) in [5, 5.41) is 12.3. The minimum absolute atomic E-state index is 0.0406. The molecule has 0 fully saturated rings. The second-order valence-electron chi connectivity index (χ2n) is 3.81. The van der Waals surface area contributed by atoms with Crippen molar-refractivity contribution in [1.29, 1.82) is 0 Å². The third-order valence-electron chi connectivity index (χ3n) is 2.39. The molecule has 0 saturated carbocycles. The number of rotatable bonds is 4. The van der Waals surface area contributed by atoms with Gasteiger partial charge in [0.1, 0.15) is 11.4 Å². The molecule has 2 rings (SSSR count).